The van der Waals surface area contributed by atoms with Crippen molar-refractivity contribution in [1.29, 1.82) is 0 Å². The molecule has 2 atom stereocenters. The number of nitrogens with two attached hydrogens (primary N) is 1. The fourth-order valence-corrected chi connectivity index (χ4v) is 2.70. The van der Waals surface area contributed by atoms with E-state index < -0.39 is 11.1 Å². The molecule has 1 aromatic carbocycles. The third-order valence-electron chi connectivity index (χ3n) is 3.81. The molecule has 1 saturated heterocycles. The van der Waals surface area contributed by atoms with Crippen molar-refractivity contribution in [3.8, 4) is 0 Å². The van der Waals surface area contributed by atoms with Crippen LogP contribution in [0.3, 0.4) is 0 Å². The number of carbonyl (C=O) groups excluding carboxylic acids is 1. The van der Waals surface area contributed by atoms with Crippen LogP contribution in [0.15, 0.2) is 30.3 Å². The molecule has 0 bridgehead atoms. The monoisotopic (exact) mass is 292 g/mol. The van der Waals surface area contributed by atoms with Crippen molar-refractivity contribution in [3.05, 3.63) is 35.9 Å². The Balaban J connectivity index is 2.20. The van der Waals surface area contributed by atoms with Crippen LogP contribution in [0.5, 0.6) is 0 Å². The van der Waals surface area contributed by atoms with Gasteiger partial charge in [-0.1, -0.05) is 30.3 Å². The second-order valence-corrected chi connectivity index (χ2v) is 6.65. The second-order valence-electron chi connectivity index (χ2n) is 6.65. The molecule has 116 valence electrons. The molecule has 2 rings (SSSR count). The lowest BCUT2D eigenvalue weighted by molar-refractivity contribution is 0.0279. The molecule has 1 aliphatic heterocycles. The van der Waals surface area contributed by atoms with Crippen molar-refractivity contribution >= 4 is 6.09 Å². The number of benzene rings is 1. The second kappa shape index (κ2) is 5.66. The van der Waals surface area contributed by atoms with E-state index in [-0.39, 0.29) is 18.6 Å². The van der Waals surface area contributed by atoms with Gasteiger partial charge in [-0.15, -0.1) is 0 Å². The summed E-state index contributed by atoms with van der Waals surface area (Å²) in [6.07, 6.45) is -0.385. The molecule has 1 fully saturated rings. The Bertz CT molecular complexity index is 498. The van der Waals surface area contributed by atoms with Crippen LogP contribution >= 0.6 is 0 Å². The lowest BCUT2D eigenvalue weighted by Gasteiger charge is -2.30. The molecular weight excluding hydrogens is 268 g/mol. The zero-order chi connectivity index (χ0) is 15.7. The summed E-state index contributed by atoms with van der Waals surface area (Å²) in [4.78, 5) is 13.8. The highest BCUT2D eigenvalue weighted by atomic mass is 16.6. The van der Waals surface area contributed by atoms with Gasteiger partial charge in [-0.05, 0) is 26.3 Å². The predicted molar refractivity (Wildman–Crippen MR) is 80.7 cm³/mol. The van der Waals surface area contributed by atoms with Gasteiger partial charge in [-0.2, -0.15) is 0 Å². The van der Waals surface area contributed by atoms with Gasteiger partial charge in [-0.25, -0.2) is 4.79 Å². The minimum absolute atomic E-state index is 0.0648. The van der Waals surface area contributed by atoms with Crippen molar-refractivity contribution < 1.29 is 14.6 Å². The van der Waals surface area contributed by atoms with Gasteiger partial charge in [0.15, 0.2) is 0 Å². The predicted octanol–water partition coefficient (Wildman–Crippen LogP) is 1.70. The van der Waals surface area contributed by atoms with Gasteiger partial charge in [0.25, 0.3) is 0 Å². The van der Waals surface area contributed by atoms with E-state index in [2.05, 4.69) is 0 Å². The van der Waals surface area contributed by atoms with E-state index in [0.717, 1.165) is 5.56 Å². The van der Waals surface area contributed by atoms with Gasteiger partial charge in [0, 0.05) is 25.6 Å². The smallest absolute Gasteiger partial charge is 0.410 e. The van der Waals surface area contributed by atoms with Crippen LogP contribution in [0.25, 0.3) is 0 Å². The molecule has 0 aromatic heterocycles. The summed E-state index contributed by atoms with van der Waals surface area (Å²) in [5, 5.41) is 9.64. The molecule has 1 aliphatic rings. The highest BCUT2D eigenvalue weighted by Crippen LogP contribution is 2.35. The summed E-state index contributed by atoms with van der Waals surface area (Å²) in [6, 6.07) is 9.60. The number of aliphatic hydroxyl groups is 1. The molecule has 2 unspecified atom stereocenters. The first kappa shape index (κ1) is 15.8. The van der Waals surface area contributed by atoms with Gasteiger partial charge in [0.2, 0.25) is 0 Å². The number of nitrogens with zero attached hydrogens (tertiary/aromatic N) is 1. The Hall–Kier alpha value is -1.59. The number of ether oxygens (including phenoxy) is 1. The third kappa shape index (κ3) is 3.36. The average molecular weight is 292 g/mol. The number of hydrogen-bond donors (Lipinski definition) is 2. The maximum absolute atomic E-state index is 12.2. The lowest BCUT2D eigenvalue weighted by atomic mass is 9.82. The lowest BCUT2D eigenvalue weighted by Crippen LogP contribution is -2.46. The minimum Gasteiger partial charge on any atom is -0.444 e. The zero-order valence-electron chi connectivity index (χ0n) is 12.9. The number of likely N-dealkylation sites (tertiary alicyclic amines) is 1. The van der Waals surface area contributed by atoms with Crippen LogP contribution in [0.4, 0.5) is 4.79 Å². The van der Waals surface area contributed by atoms with E-state index in [0.29, 0.717) is 13.1 Å². The highest BCUT2D eigenvalue weighted by molar-refractivity contribution is 5.69. The number of carbonyl (C=O) groups is 1. The van der Waals surface area contributed by atoms with E-state index >= 15 is 0 Å². The number of hydrogen-bond acceptors (Lipinski definition) is 4. The molecule has 0 saturated carbocycles. The van der Waals surface area contributed by atoms with Gasteiger partial charge in [0.1, 0.15) is 5.60 Å². The first-order valence-electron chi connectivity index (χ1n) is 7.19. The van der Waals surface area contributed by atoms with E-state index in [1.165, 1.54) is 0 Å². The highest BCUT2D eigenvalue weighted by Gasteiger charge is 2.47. The van der Waals surface area contributed by atoms with Crippen LogP contribution in [-0.2, 0) is 10.3 Å². The zero-order valence-corrected chi connectivity index (χ0v) is 12.9. The molecule has 3 N–H and O–H groups in total. The molecule has 21 heavy (non-hydrogen) atoms. The van der Waals surface area contributed by atoms with E-state index in [1.54, 1.807) is 4.90 Å². The number of aliphatic hydroxyl groups excluding tert-OH is 1. The van der Waals surface area contributed by atoms with Crippen LogP contribution in [0, 0.1) is 5.92 Å². The molecule has 0 radical (unpaired) electrons. The SMILES string of the molecule is CC(C)(C)OC(=O)N1CC(CO)C(N)(c2ccccc2)C1. The minimum atomic E-state index is -0.743. The average Bonchev–Trinajstić information content (AvgIpc) is 2.76. The van der Waals surface area contributed by atoms with Crippen molar-refractivity contribution in [1.82, 2.24) is 4.90 Å². The van der Waals surface area contributed by atoms with E-state index in [1.807, 2.05) is 51.1 Å². The normalized spacial score (nSPS) is 26.0. The summed E-state index contributed by atoms with van der Waals surface area (Å²) in [6.45, 7) is 6.17. The Morgan fingerprint density at radius 1 is 1.43 bits per heavy atom. The maximum atomic E-state index is 12.2. The van der Waals surface area contributed by atoms with Crippen LogP contribution in [-0.4, -0.2) is 41.4 Å². The Labute approximate surface area is 125 Å². The molecule has 0 spiro atoms. The fourth-order valence-electron chi connectivity index (χ4n) is 2.70. The van der Waals surface area contributed by atoms with Crippen molar-refractivity contribution in [3.63, 3.8) is 0 Å². The number of amides is 1. The first-order valence-corrected chi connectivity index (χ1v) is 7.19. The molecule has 1 aromatic rings. The first-order chi connectivity index (χ1) is 9.76. The Morgan fingerprint density at radius 2 is 2.05 bits per heavy atom. The van der Waals surface area contributed by atoms with Gasteiger partial charge < -0.3 is 20.5 Å². The third-order valence-corrected chi connectivity index (χ3v) is 3.81. The van der Waals surface area contributed by atoms with Crippen molar-refractivity contribution in [2.45, 2.75) is 31.9 Å². The van der Waals surface area contributed by atoms with Crippen LogP contribution in [0.2, 0.25) is 0 Å². The Kier molecular flexibility index (Phi) is 4.25. The van der Waals surface area contributed by atoms with Crippen molar-refractivity contribution in [2.75, 3.05) is 19.7 Å². The summed E-state index contributed by atoms with van der Waals surface area (Å²) < 4.78 is 5.39. The van der Waals surface area contributed by atoms with Crippen LogP contribution in [0.1, 0.15) is 26.3 Å². The van der Waals surface area contributed by atoms with Gasteiger partial charge in [0.05, 0.1) is 5.54 Å². The van der Waals surface area contributed by atoms with Crippen LogP contribution < -0.4 is 5.73 Å². The summed E-state index contributed by atoms with van der Waals surface area (Å²) in [5.41, 5.74) is 6.16. The summed E-state index contributed by atoms with van der Waals surface area (Å²) in [5.74, 6) is -0.201. The fraction of sp³-hybridized carbons (Fsp3) is 0.562. The van der Waals surface area contributed by atoms with Crippen molar-refractivity contribution in [2.24, 2.45) is 11.7 Å². The molecule has 1 heterocycles. The molecule has 5 nitrogen and oxygen atoms in total. The van der Waals surface area contributed by atoms with Gasteiger partial charge >= 0.3 is 6.09 Å². The molecule has 5 heteroatoms. The maximum Gasteiger partial charge on any atom is 0.410 e. The largest absolute Gasteiger partial charge is 0.444 e. The van der Waals surface area contributed by atoms with E-state index in [9.17, 15) is 9.90 Å². The Morgan fingerprint density at radius 3 is 2.57 bits per heavy atom. The summed E-state index contributed by atoms with van der Waals surface area (Å²) >= 11 is 0. The van der Waals surface area contributed by atoms with E-state index in [4.69, 9.17) is 10.5 Å². The standard InChI is InChI=1S/C16H24N2O3/c1-15(2,3)21-14(20)18-9-13(10-19)16(17,11-18)12-7-5-4-6-8-12/h4-8,13,19H,9-11,17H2,1-3H3. The molecular formula is C16H24N2O3. The molecule has 1 amide bonds. The molecule has 0 aliphatic carbocycles. The topological polar surface area (TPSA) is 75.8 Å². The summed E-state index contributed by atoms with van der Waals surface area (Å²) in [7, 11) is 0. The number of rotatable bonds is 2. The van der Waals surface area contributed by atoms with Gasteiger partial charge in [-0.3, -0.25) is 0 Å². The quantitative estimate of drug-likeness (QED) is 0.870.